The van der Waals surface area contributed by atoms with Gasteiger partial charge in [0.05, 0.1) is 18.2 Å². The summed E-state index contributed by atoms with van der Waals surface area (Å²) in [4.78, 5) is 25.5. The van der Waals surface area contributed by atoms with Gasteiger partial charge in [-0.05, 0) is 35.7 Å². The number of hydrogen-bond acceptors (Lipinski definition) is 6. The highest BCUT2D eigenvalue weighted by Crippen LogP contribution is 2.29. The lowest BCUT2D eigenvalue weighted by molar-refractivity contribution is 0.100. The number of nitrogens with two attached hydrogens (primary N) is 1. The highest BCUT2D eigenvalue weighted by molar-refractivity contribution is 6.04. The number of halogens is 1. The summed E-state index contributed by atoms with van der Waals surface area (Å²) in [5.74, 6) is 0.205. The molecule has 4 rings (SSSR count). The molecule has 2 aromatic heterocycles. The predicted octanol–water partition coefficient (Wildman–Crippen LogP) is 3.80. The number of ether oxygens (including phenoxy) is 1. The average molecular weight is 434 g/mol. The van der Waals surface area contributed by atoms with Crippen molar-refractivity contribution in [3.8, 4) is 12.0 Å². The molecule has 0 atom stereocenters. The average Bonchev–Trinajstić information content (AvgIpc) is 3.16. The van der Waals surface area contributed by atoms with E-state index in [0.717, 1.165) is 11.1 Å². The Morgan fingerprint density at radius 3 is 2.69 bits per heavy atom. The summed E-state index contributed by atoms with van der Waals surface area (Å²) in [7, 11) is 1.48. The van der Waals surface area contributed by atoms with Crippen molar-refractivity contribution in [2.45, 2.75) is 26.3 Å². The Bertz CT molecular complexity index is 1300. The second-order valence-electron chi connectivity index (χ2n) is 7.58. The number of anilines is 1. The van der Waals surface area contributed by atoms with Crippen molar-refractivity contribution < 1.29 is 13.9 Å². The van der Waals surface area contributed by atoms with Gasteiger partial charge >= 0.3 is 6.01 Å². The van der Waals surface area contributed by atoms with Gasteiger partial charge in [0.15, 0.2) is 0 Å². The van der Waals surface area contributed by atoms with E-state index in [1.165, 1.54) is 19.2 Å². The molecule has 3 N–H and O–H groups in total. The molecule has 9 heteroatoms. The Labute approximate surface area is 184 Å². The Kier molecular flexibility index (Phi) is 5.72. The largest absolute Gasteiger partial charge is 0.468 e. The van der Waals surface area contributed by atoms with Gasteiger partial charge in [0.2, 0.25) is 5.95 Å². The van der Waals surface area contributed by atoms with Crippen LogP contribution in [0.4, 0.5) is 10.2 Å². The highest BCUT2D eigenvalue weighted by Gasteiger charge is 2.21. The maximum absolute atomic E-state index is 13.6. The van der Waals surface area contributed by atoms with Crippen LogP contribution in [0.2, 0.25) is 0 Å². The van der Waals surface area contributed by atoms with E-state index in [0.29, 0.717) is 29.3 Å². The minimum atomic E-state index is -0.587. The molecule has 0 unspecified atom stereocenters. The zero-order chi connectivity index (χ0) is 22.8. The van der Waals surface area contributed by atoms with Crippen molar-refractivity contribution in [3.63, 3.8) is 0 Å². The Balaban J connectivity index is 1.81. The zero-order valence-corrected chi connectivity index (χ0v) is 18.0. The van der Waals surface area contributed by atoms with Gasteiger partial charge in [0, 0.05) is 18.3 Å². The molecule has 2 aromatic carbocycles. The number of fused-ring (bicyclic) bond motifs is 1. The maximum atomic E-state index is 13.6. The first-order valence-electron chi connectivity index (χ1n) is 10.1. The summed E-state index contributed by atoms with van der Waals surface area (Å²) in [6, 6.07) is 11.7. The van der Waals surface area contributed by atoms with Crippen LogP contribution < -0.4 is 15.8 Å². The molecule has 0 spiro atoms. The topological polar surface area (TPSA) is 108 Å². The first-order valence-corrected chi connectivity index (χ1v) is 10.1. The Hall–Kier alpha value is -4.01. The summed E-state index contributed by atoms with van der Waals surface area (Å²) in [6.07, 6.45) is 1.74. The number of amides is 1. The van der Waals surface area contributed by atoms with Gasteiger partial charge in [0.1, 0.15) is 17.2 Å². The lowest BCUT2D eigenvalue weighted by Crippen LogP contribution is -2.12. The van der Waals surface area contributed by atoms with E-state index in [1.807, 2.05) is 19.9 Å². The molecule has 0 aliphatic rings. The van der Waals surface area contributed by atoms with E-state index >= 15 is 0 Å². The number of primary amides is 1. The molecule has 0 saturated carbocycles. The van der Waals surface area contributed by atoms with Crippen LogP contribution in [0.1, 0.15) is 41.3 Å². The van der Waals surface area contributed by atoms with Crippen molar-refractivity contribution in [1.29, 1.82) is 0 Å². The van der Waals surface area contributed by atoms with E-state index < -0.39 is 5.91 Å². The van der Waals surface area contributed by atoms with Crippen molar-refractivity contribution in [3.05, 3.63) is 71.2 Å². The van der Waals surface area contributed by atoms with Crippen LogP contribution in [0.15, 0.2) is 48.7 Å². The normalized spacial score (nSPS) is 11.2. The van der Waals surface area contributed by atoms with Crippen LogP contribution in [0, 0.1) is 5.82 Å². The zero-order valence-electron chi connectivity index (χ0n) is 18.0. The fourth-order valence-corrected chi connectivity index (χ4v) is 3.49. The minimum absolute atomic E-state index is 0.155. The third-order valence-corrected chi connectivity index (χ3v) is 5.08. The molecule has 0 bridgehead atoms. The van der Waals surface area contributed by atoms with E-state index in [2.05, 4.69) is 15.3 Å². The summed E-state index contributed by atoms with van der Waals surface area (Å²) in [5.41, 5.74) is 8.48. The standard InChI is InChI=1S/C23H23FN6O2/c1-13(2)17-12-27-22(29-21(17)26-11-14-6-4-7-15(24)10-14)30-18-9-5-8-16(20(25)31)19(18)28-23(30)32-3/h4-10,12-13H,11H2,1-3H3,(H2,25,31)(H,26,27,29). The van der Waals surface area contributed by atoms with Gasteiger partial charge in [-0.2, -0.15) is 9.97 Å². The van der Waals surface area contributed by atoms with Crippen molar-refractivity contribution in [1.82, 2.24) is 19.5 Å². The van der Waals surface area contributed by atoms with Gasteiger partial charge in [-0.15, -0.1) is 0 Å². The molecule has 1 amide bonds. The lowest BCUT2D eigenvalue weighted by Gasteiger charge is -2.15. The number of carbonyl (C=O) groups is 1. The fraction of sp³-hybridized carbons (Fsp3) is 0.217. The SMILES string of the molecule is COc1nc2c(C(N)=O)cccc2n1-c1ncc(C(C)C)c(NCc2cccc(F)c2)n1. The first kappa shape index (κ1) is 21.2. The number of methoxy groups -OCH3 is 1. The number of aromatic nitrogens is 4. The summed E-state index contributed by atoms with van der Waals surface area (Å²) in [6.45, 7) is 4.47. The Morgan fingerprint density at radius 2 is 2.00 bits per heavy atom. The quantitative estimate of drug-likeness (QED) is 0.458. The number of para-hydroxylation sites is 1. The van der Waals surface area contributed by atoms with Crippen molar-refractivity contribution in [2.75, 3.05) is 12.4 Å². The summed E-state index contributed by atoms with van der Waals surface area (Å²) < 4.78 is 20.6. The third-order valence-electron chi connectivity index (χ3n) is 5.08. The lowest BCUT2D eigenvalue weighted by atomic mass is 10.1. The fourth-order valence-electron chi connectivity index (χ4n) is 3.49. The first-order chi connectivity index (χ1) is 15.4. The Morgan fingerprint density at radius 1 is 1.22 bits per heavy atom. The van der Waals surface area contributed by atoms with E-state index in [4.69, 9.17) is 15.5 Å². The van der Waals surface area contributed by atoms with Crippen LogP contribution in [0.5, 0.6) is 6.01 Å². The summed E-state index contributed by atoms with van der Waals surface area (Å²) in [5, 5.41) is 3.29. The molecule has 0 aliphatic carbocycles. The van der Waals surface area contributed by atoms with Gasteiger partial charge in [-0.25, -0.2) is 13.9 Å². The molecular formula is C23H23FN6O2. The van der Waals surface area contributed by atoms with E-state index in [1.54, 1.807) is 35.0 Å². The third kappa shape index (κ3) is 3.96. The highest BCUT2D eigenvalue weighted by atomic mass is 19.1. The van der Waals surface area contributed by atoms with Crippen LogP contribution >= 0.6 is 0 Å². The number of rotatable bonds is 7. The number of benzene rings is 2. The number of nitrogens with zero attached hydrogens (tertiary/aromatic N) is 4. The van der Waals surface area contributed by atoms with Crippen LogP contribution in [0.3, 0.4) is 0 Å². The molecule has 4 aromatic rings. The number of nitrogens with one attached hydrogen (secondary N) is 1. The molecule has 8 nitrogen and oxygen atoms in total. The molecule has 0 aliphatic heterocycles. The number of carbonyl (C=O) groups excluding carboxylic acids is 1. The molecule has 2 heterocycles. The van der Waals surface area contributed by atoms with Gasteiger partial charge < -0.3 is 15.8 Å². The van der Waals surface area contributed by atoms with Gasteiger partial charge in [0.25, 0.3) is 5.91 Å². The molecule has 0 radical (unpaired) electrons. The second-order valence-corrected chi connectivity index (χ2v) is 7.58. The van der Waals surface area contributed by atoms with Gasteiger partial charge in [-0.1, -0.05) is 32.0 Å². The monoisotopic (exact) mass is 434 g/mol. The van der Waals surface area contributed by atoms with E-state index in [-0.39, 0.29) is 23.3 Å². The number of imidazole rings is 1. The smallest absolute Gasteiger partial charge is 0.304 e. The summed E-state index contributed by atoms with van der Waals surface area (Å²) >= 11 is 0. The van der Waals surface area contributed by atoms with E-state index in [9.17, 15) is 9.18 Å². The predicted molar refractivity (Wildman–Crippen MR) is 120 cm³/mol. The molecular weight excluding hydrogens is 411 g/mol. The van der Waals surface area contributed by atoms with Crippen LogP contribution in [-0.4, -0.2) is 32.5 Å². The second kappa shape index (κ2) is 8.62. The molecule has 0 saturated heterocycles. The van der Waals surface area contributed by atoms with Gasteiger partial charge in [-0.3, -0.25) is 4.79 Å². The van der Waals surface area contributed by atoms with Crippen LogP contribution in [0.25, 0.3) is 17.0 Å². The van der Waals surface area contributed by atoms with Crippen molar-refractivity contribution in [2.24, 2.45) is 5.73 Å². The number of hydrogen-bond donors (Lipinski definition) is 2. The molecule has 0 fully saturated rings. The minimum Gasteiger partial charge on any atom is -0.468 e. The van der Waals surface area contributed by atoms with Crippen molar-refractivity contribution >= 4 is 22.8 Å². The molecule has 32 heavy (non-hydrogen) atoms. The molecule has 164 valence electrons. The maximum Gasteiger partial charge on any atom is 0.304 e. The van der Waals surface area contributed by atoms with Crippen LogP contribution in [-0.2, 0) is 6.54 Å².